The number of rotatable bonds is 7. The number of hydrogen-bond donors (Lipinski definition) is 1. The van der Waals surface area contributed by atoms with Gasteiger partial charge < -0.3 is 4.74 Å². The van der Waals surface area contributed by atoms with Gasteiger partial charge in [-0.25, -0.2) is 9.78 Å². The van der Waals surface area contributed by atoms with Crippen LogP contribution in [0.3, 0.4) is 0 Å². The summed E-state index contributed by atoms with van der Waals surface area (Å²) in [4.78, 5) is 42.9. The number of aryl methyl sites for hydroxylation is 2. The number of esters is 1. The molecule has 1 amide bonds. The van der Waals surface area contributed by atoms with Crippen LogP contribution in [0.1, 0.15) is 32.7 Å². The predicted octanol–water partition coefficient (Wildman–Crippen LogP) is 3.18. The normalized spacial score (nSPS) is 10.9. The minimum absolute atomic E-state index is 0.135. The highest BCUT2D eigenvalue weighted by Gasteiger charge is 2.21. The maximum absolute atomic E-state index is 13.0. The Morgan fingerprint density at radius 1 is 1.16 bits per heavy atom. The van der Waals surface area contributed by atoms with E-state index in [0.29, 0.717) is 25.8 Å². The van der Waals surface area contributed by atoms with Crippen LogP contribution in [0, 0.1) is 6.92 Å². The second kappa shape index (κ2) is 9.37. The van der Waals surface area contributed by atoms with E-state index in [1.165, 1.54) is 22.2 Å². The van der Waals surface area contributed by atoms with Crippen molar-refractivity contribution >= 4 is 49.9 Å². The number of fused-ring (bicyclic) bond motifs is 1. The molecule has 0 aliphatic heterocycles. The van der Waals surface area contributed by atoms with Crippen LogP contribution in [-0.4, -0.2) is 31.6 Å². The second-order valence-corrected chi connectivity index (χ2v) is 8.94. The van der Waals surface area contributed by atoms with E-state index in [9.17, 15) is 14.4 Å². The Morgan fingerprint density at radius 2 is 1.94 bits per heavy atom. The number of anilines is 1. The van der Waals surface area contributed by atoms with Gasteiger partial charge in [0.1, 0.15) is 27.9 Å². The number of ether oxygens (including phenoxy) is 1. The lowest BCUT2D eigenvalue weighted by molar-refractivity contribution is -0.116. The molecule has 0 aliphatic rings. The zero-order valence-electron chi connectivity index (χ0n) is 17.3. The van der Waals surface area contributed by atoms with Gasteiger partial charge in [-0.2, -0.15) is 0 Å². The van der Waals surface area contributed by atoms with E-state index in [-0.39, 0.29) is 13.2 Å². The van der Waals surface area contributed by atoms with Gasteiger partial charge in [-0.15, -0.1) is 21.5 Å². The summed E-state index contributed by atoms with van der Waals surface area (Å²) in [6.07, 6.45) is 2.03. The zero-order chi connectivity index (χ0) is 22.7. The third-order valence-corrected chi connectivity index (χ3v) is 6.81. The third kappa shape index (κ3) is 4.58. The molecule has 0 fully saturated rings. The van der Waals surface area contributed by atoms with Crippen LogP contribution < -0.4 is 10.9 Å². The van der Waals surface area contributed by atoms with E-state index >= 15 is 0 Å². The Hall–Kier alpha value is -3.44. The summed E-state index contributed by atoms with van der Waals surface area (Å²) >= 11 is 2.38. The molecule has 0 unspecified atom stereocenters. The Balaban J connectivity index is 1.52. The van der Waals surface area contributed by atoms with Gasteiger partial charge in [0.05, 0.1) is 11.7 Å². The molecule has 3 aromatic heterocycles. The van der Waals surface area contributed by atoms with E-state index in [1.807, 2.05) is 37.3 Å². The highest BCUT2D eigenvalue weighted by atomic mass is 32.1. The molecular formula is C21H19N5O4S2. The van der Waals surface area contributed by atoms with Gasteiger partial charge in [0.25, 0.3) is 5.56 Å². The summed E-state index contributed by atoms with van der Waals surface area (Å²) in [7, 11) is 0. The second-order valence-electron chi connectivity index (χ2n) is 6.88. The van der Waals surface area contributed by atoms with E-state index in [2.05, 4.69) is 20.5 Å². The number of benzene rings is 1. The van der Waals surface area contributed by atoms with Crippen molar-refractivity contribution in [3.8, 4) is 0 Å². The zero-order valence-corrected chi connectivity index (χ0v) is 19.0. The summed E-state index contributed by atoms with van der Waals surface area (Å²) < 4.78 is 6.60. The predicted molar refractivity (Wildman–Crippen MR) is 122 cm³/mol. The fourth-order valence-corrected chi connectivity index (χ4v) is 4.74. The van der Waals surface area contributed by atoms with Crippen LogP contribution in [0.4, 0.5) is 5.13 Å². The fourth-order valence-electron chi connectivity index (χ4n) is 3.02. The Labute approximate surface area is 190 Å². The largest absolute Gasteiger partial charge is 0.457 e. The van der Waals surface area contributed by atoms with E-state index in [0.717, 1.165) is 28.3 Å². The van der Waals surface area contributed by atoms with Crippen molar-refractivity contribution in [2.75, 3.05) is 5.32 Å². The van der Waals surface area contributed by atoms with Crippen molar-refractivity contribution in [2.24, 2.45) is 0 Å². The van der Waals surface area contributed by atoms with Crippen LogP contribution in [0.5, 0.6) is 0 Å². The molecule has 11 heteroatoms. The van der Waals surface area contributed by atoms with Crippen LogP contribution >= 0.6 is 22.7 Å². The number of nitrogens with one attached hydrogen (secondary N) is 1. The quantitative estimate of drug-likeness (QED) is 0.413. The van der Waals surface area contributed by atoms with Crippen molar-refractivity contribution in [1.82, 2.24) is 19.7 Å². The Bertz CT molecular complexity index is 1340. The number of nitrogens with zero attached hydrogens (tertiary/aromatic N) is 4. The molecule has 4 rings (SSSR count). The molecule has 1 aromatic carbocycles. The highest BCUT2D eigenvalue weighted by Crippen LogP contribution is 2.27. The maximum atomic E-state index is 13.0. The number of thiophene rings is 1. The van der Waals surface area contributed by atoms with Gasteiger partial charge in [-0.05, 0) is 24.5 Å². The first-order valence-corrected chi connectivity index (χ1v) is 11.4. The Morgan fingerprint density at radius 3 is 2.66 bits per heavy atom. The van der Waals surface area contributed by atoms with Crippen molar-refractivity contribution < 1.29 is 14.3 Å². The van der Waals surface area contributed by atoms with E-state index in [1.54, 1.807) is 6.92 Å². The fraction of sp³-hybridized carbons (Fsp3) is 0.238. The minimum Gasteiger partial charge on any atom is -0.457 e. The van der Waals surface area contributed by atoms with Crippen LogP contribution in [-0.2, 0) is 29.1 Å². The van der Waals surface area contributed by atoms with Crippen molar-refractivity contribution in [2.45, 2.75) is 33.4 Å². The molecule has 0 aliphatic carbocycles. The molecule has 4 aromatic rings. The highest BCUT2D eigenvalue weighted by molar-refractivity contribution is 7.20. The van der Waals surface area contributed by atoms with Crippen LogP contribution in [0.15, 0.2) is 41.5 Å². The molecule has 3 heterocycles. The summed E-state index contributed by atoms with van der Waals surface area (Å²) in [6, 6.07) is 9.34. The molecule has 164 valence electrons. The Kier molecular flexibility index (Phi) is 6.37. The first-order chi connectivity index (χ1) is 15.5. The first-order valence-electron chi connectivity index (χ1n) is 9.78. The molecular weight excluding hydrogens is 450 g/mol. The van der Waals surface area contributed by atoms with Gasteiger partial charge in [0.15, 0.2) is 0 Å². The van der Waals surface area contributed by atoms with Crippen LogP contribution in [0.25, 0.3) is 10.2 Å². The number of carbonyl (C=O) groups excluding carboxylic acids is 2. The van der Waals surface area contributed by atoms with Gasteiger partial charge in [0, 0.05) is 0 Å². The minimum atomic E-state index is -0.513. The summed E-state index contributed by atoms with van der Waals surface area (Å²) in [5.41, 5.74) is 0.965. The van der Waals surface area contributed by atoms with E-state index < -0.39 is 17.4 Å². The number of aromatic nitrogens is 4. The third-order valence-electron chi connectivity index (χ3n) is 4.65. The van der Waals surface area contributed by atoms with Gasteiger partial charge in [0.2, 0.25) is 11.0 Å². The van der Waals surface area contributed by atoms with Gasteiger partial charge in [-0.1, -0.05) is 48.6 Å². The first kappa shape index (κ1) is 21.8. The SMILES string of the molecule is CCc1nnc(NC(=O)Cn2cnc3sc(C(=O)OCc4ccccc4)c(C)c3c2=O)s1. The average Bonchev–Trinajstić information content (AvgIpc) is 3.39. The average molecular weight is 470 g/mol. The molecule has 0 bridgehead atoms. The molecule has 9 nitrogen and oxygen atoms in total. The number of carbonyl (C=O) groups is 2. The van der Waals surface area contributed by atoms with Gasteiger partial charge in [-0.3, -0.25) is 19.5 Å². The molecule has 0 radical (unpaired) electrons. The van der Waals surface area contributed by atoms with Crippen molar-refractivity contribution in [3.63, 3.8) is 0 Å². The lowest BCUT2D eigenvalue weighted by atomic mass is 10.2. The van der Waals surface area contributed by atoms with Gasteiger partial charge >= 0.3 is 5.97 Å². The van der Waals surface area contributed by atoms with Crippen molar-refractivity contribution in [3.05, 3.63) is 68.0 Å². The van der Waals surface area contributed by atoms with Crippen molar-refractivity contribution in [1.29, 1.82) is 0 Å². The number of amides is 1. The molecule has 1 N–H and O–H groups in total. The van der Waals surface area contributed by atoms with E-state index in [4.69, 9.17) is 4.74 Å². The summed E-state index contributed by atoms with van der Waals surface area (Å²) in [5, 5.41) is 12.0. The summed E-state index contributed by atoms with van der Waals surface area (Å²) in [5.74, 6) is -0.927. The molecule has 0 spiro atoms. The molecule has 32 heavy (non-hydrogen) atoms. The standard InChI is InChI=1S/C21H19N5O4S2/c1-3-15-24-25-21(31-15)23-14(27)9-26-11-22-18-16(19(26)28)12(2)17(32-18)20(29)30-10-13-7-5-4-6-8-13/h4-8,11H,3,9-10H2,1-2H3,(H,23,25,27). The molecule has 0 atom stereocenters. The monoisotopic (exact) mass is 469 g/mol. The number of hydrogen-bond acceptors (Lipinski definition) is 9. The van der Waals surface area contributed by atoms with Crippen LogP contribution in [0.2, 0.25) is 0 Å². The topological polar surface area (TPSA) is 116 Å². The maximum Gasteiger partial charge on any atom is 0.349 e. The lowest BCUT2D eigenvalue weighted by Gasteiger charge is -2.05. The smallest absolute Gasteiger partial charge is 0.349 e. The molecule has 0 saturated carbocycles. The molecule has 0 saturated heterocycles. The lowest BCUT2D eigenvalue weighted by Crippen LogP contribution is -2.27. The summed E-state index contributed by atoms with van der Waals surface area (Å²) in [6.45, 7) is 3.53.